The molecule has 5 fully saturated rings. The first-order valence-corrected chi connectivity index (χ1v) is 23.5. The number of ether oxygens (including phenoxy) is 1. The number of benzene rings is 1. The van der Waals surface area contributed by atoms with E-state index in [1.54, 1.807) is 12.1 Å². The van der Waals surface area contributed by atoms with Gasteiger partial charge in [-0.3, -0.25) is 20.2 Å². The van der Waals surface area contributed by atoms with E-state index in [1.807, 2.05) is 32.5 Å². The van der Waals surface area contributed by atoms with Gasteiger partial charge in [0.25, 0.3) is 12.2 Å². The van der Waals surface area contributed by atoms with Gasteiger partial charge in [-0.05, 0) is 110 Å². The molecule has 0 amide bonds. The van der Waals surface area contributed by atoms with Crippen molar-refractivity contribution in [3.8, 4) is 0 Å². The number of nitrogens with one attached hydrogen (secondary N) is 2. The second kappa shape index (κ2) is 17.6. The summed E-state index contributed by atoms with van der Waals surface area (Å²) in [5.74, 6) is 5.37. The Bertz CT molecular complexity index is 1200. The van der Waals surface area contributed by atoms with Crippen molar-refractivity contribution < 1.29 is 19.6 Å². The number of carbonyl (C=O) groups is 1. The Morgan fingerprint density at radius 3 is 2.40 bits per heavy atom. The predicted molar refractivity (Wildman–Crippen MR) is 201 cm³/mol. The molecule has 0 spiro atoms. The number of fused-ring (bicyclic) bond motifs is 7. The molecule has 11 heteroatoms. The van der Waals surface area contributed by atoms with Crippen molar-refractivity contribution in [2.45, 2.75) is 123 Å². The molecule has 13 atom stereocenters. The number of rotatable bonds is 10. The number of halogens is 1. The van der Waals surface area contributed by atoms with Crippen LogP contribution in [0.2, 0.25) is 0 Å². The van der Waals surface area contributed by atoms with E-state index in [9.17, 15) is 10.1 Å². The van der Waals surface area contributed by atoms with Crippen molar-refractivity contribution in [1.29, 1.82) is 0 Å². The van der Waals surface area contributed by atoms with Crippen LogP contribution in [0.25, 0.3) is 0 Å². The van der Waals surface area contributed by atoms with Gasteiger partial charge in [-0.2, -0.15) is 0 Å². The van der Waals surface area contributed by atoms with E-state index >= 15 is 0 Å². The van der Waals surface area contributed by atoms with Gasteiger partial charge >= 0.3 is 33.1 Å². The van der Waals surface area contributed by atoms with Crippen LogP contribution in [0.4, 0.5) is 5.69 Å². The van der Waals surface area contributed by atoms with Crippen molar-refractivity contribution in [2.75, 3.05) is 13.1 Å². The van der Waals surface area contributed by atoms with Crippen molar-refractivity contribution in [1.82, 2.24) is 10.6 Å². The number of nitro benzene ring substituents is 1. The van der Waals surface area contributed by atoms with E-state index in [4.69, 9.17) is 20.4 Å². The van der Waals surface area contributed by atoms with Crippen LogP contribution in [-0.4, -0.2) is 66.8 Å². The zero-order chi connectivity index (χ0) is 35.2. The van der Waals surface area contributed by atoms with Crippen LogP contribution in [0.5, 0.6) is 0 Å². The average molecular weight is 847 g/mol. The van der Waals surface area contributed by atoms with Crippen LogP contribution in [0.1, 0.15) is 98.0 Å². The third kappa shape index (κ3) is 8.45. The fraction of sp³-hybridized carbons (Fsp3) is 0.811. The van der Waals surface area contributed by atoms with Crippen LogP contribution in [0, 0.1) is 62.4 Å². The molecule has 1 saturated heterocycles. The van der Waals surface area contributed by atoms with Gasteiger partial charge in [0.2, 0.25) is 0 Å². The fourth-order valence-corrected chi connectivity index (χ4v) is 11.2. The Hall–Kier alpha value is -0.821. The molecular weight excluding hydrogens is 786 g/mol. The Morgan fingerprint density at radius 2 is 1.75 bits per heavy atom. The summed E-state index contributed by atoms with van der Waals surface area (Å²) in [7, 11) is 0. The first kappa shape index (κ1) is 40.0. The van der Waals surface area contributed by atoms with E-state index in [1.165, 1.54) is 57.8 Å². The monoisotopic (exact) mass is 847 g/mol. The molecule has 4 aliphatic carbocycles. The molecule has 271 valence electrons. The average Bonchev–Trinajstić information content (AvgIpc) is 3.56. The van der Waals surface area contributed by atoms with Gasteiger partial charge in [-0.1, -0.05) is 53.2 Å². The second-order valence-corrected chi connectivity index (χ2v) is 16.2. The summed E-state index contributed by atoms with van der Waals surface area (Å²) in [6.45, 7) is 14.0. The number of non-ortho nitro benzene ring substituents is 1. The van der Waals surface area contributed by atoms with Crippen molar-refractivity contribution in [3.05, 3.63) is 39.9 Å². The first-order chi connectivity index (χ1) is 22.9. The zero-order valence-corrected chi connectivity index (χ0v) is 33.5. The van der Waals surface area contributed by atoms with Gasteiger partial charge in [0, 0.05) is 43.2 Å². The summed E-state index contributed by atoms with van der Waals surface area (Å²) in [6.07, 6.45) is 13.3. The summed E-state index contributed by atoms with van der Waals surface area (Å²) in [4.78, 5) is 19.0. The molecule has 5 unspecified atom stereocenters. The molecule has 9 nitrogen and oxygen atoms in total. The zero-order valence-electron chi connectivity index (χ0n) is 29.6. The molecule has 4 saturated carbocycles. The van der Waals surface area contributed by atoms with E-state index in [0.29, 0.717) is 40.7 Å². The van der Waals surface area contributed by atoms with Crippen LogP contribution in [-0.2, 0) is 16.0 Å². The fourth-order valence-electron chi connectivity index (χ4n) is 11.2. The summed E-state index contributed by atoms with van der Waals surface area (Å²) < 4.78 is 6.82. The third-order valence-corrected chi connectivity index (χ3v) is 13.8. The number of carboxylic acid groups (broad SMARTS) is 1. The van der Waals surface area contributed by atoms with Crippen LogP contribution in [0.3, 0.4) is 0 Å². The minimum atomic E-state index is -0.349. The number of nitrogens with two attached hydrogens (primary N) is 1. The van der Waals surface area contributed by atoms with Crippen LogP contribution < -0.4 is 16.4 Å². The molecule has 1 aliphatic heterocycles. The molecular formula is C37H60IN4O5Se. The van der Waals surface area contributed by atoms with Gasteiger partial charge in [0.05, 0.1) is 11.0 Å². The Morgan fingerprint density at radius 1 is 1.08 bits per heavy atom. The summed E-state index contributed by atoms with van der Waals surface area (Å²) in [6, 6.07) is 7.40. The molecule has 1 heterocycles. The molecule has 1 aromatic rings. The molecule has 5 aliphatic rings. The molecule has 6 rings (SSSR count). The molecule has 0 bridgehead atoms. The van der Waals surface area contributed by atoms with E-state index < -0.39 is 0 Å². The van der Waals surface area contributed by atoms with Crippen LogP contribution >= 0.6 is 20.3 Å². The minimum absolute atomic E-state index is 0.0118. The third-order valence-electron chi connectivity index (χ3n) is 13.8. The van der Waals surface area contributed by atoms with Gasteiger partial charge in [-0.25, -0.2) is 0 Å². The van der Waals surface area contributed by atoms with Gasteiger partial charge in [0.1, 0.15) is 6.23 Å². The summed E-state index contributed by atoms with van der Waals surface area (Å²) in [5.41, 5.74) is 8.60. The Balaban J connectivity index is 0.000000986. The molecule has 48 heavy (non-hydrogen) atoms. The maximum absolute atomic E-state index is 10.9. The van der Waals surface area contributed by atoms with Crippen LogP contribution in [0.15, 0.2) is 24.3 Å². The number of nitro groups is 1. The summed E-state index contributed by atoms with van der Waals surface area (Å²) in [5, 5.41) is 25.5. The standard InChI is InChI=1S/C36H58N4O3.CH2O2.ISe/c1-6-22(2)20-39-34-23(3)33-32(43-34)19-31-29-12-9-25-18-27(13-15-35(25,4)30(29)14-16-36(31,33)5)38-21-26(37)17-24-7-10-28(11-8-24)40(41)42;2-1-3;1-2/h7-8,10-11,22-23,25-27,29-34,38-39H,6,9,12-21,37H2,1-5H3;1H,(H,2,3);/t22-,23-,25?,26-,27?,29+,30?,31?,32-,33?,34-,35-,36-;;/m0../s1. The van der Waals surface area contributed by atoms with Crippen molar-refractivity contribution in [2.24, 2.45) is 58.0 Å². The van der Waals surface area contributed by atoms with E-state index in [-0.39, 0.29) is 29.4 Å². The molecule has 1 aromatic carbocycles. The summed E-state index contributed by atoms with van der Waals surface area (Å²) >= 11 is 4.62. The molecule has 0 aromatic heterocycles. The van der Waals surface area contributed by atoms with E-state index in [0.717, 1.165) is 48.7 Å². The topological polar surface area (TPSA) is 140 Å². The maximum atomic E-state index is 10.9. The van der Waals surface area contributed by atoms with Gasteiger partial charge < -0.3 is 20.9 Å². The van der Waals surface area contributed by atoms with Gasteiger partial charge in [0.15, 0.2) is 0 Å². The van der Waals surface area contributed by atoms with Crippen molar-refractivity contribution >= 4 is 45.3 Å². The Labute approximate surface area is 308 Å². The predicted octanol–water partition coefficient (Wildman–Crippen LogP) is 6.89. The van der Waals surface area contributed by atoms with Crippen molar-refractivity contribution in [3.63, 3.8) is 0 Å². The first-order valence-electron chi connectivity index (χ1n) is 18.3. The number of nitrogens with zero attached hydrogens (tertiary/aromatic N) is 1. The normalized spacial score (nSPS) is 39.1. The number of hydrogen-bond acceptors (Lipinski definition) is 7. The van der Waals surface area contributed by atoms with Gasteiger partial charge in [-0.15, -0.1) is 0 Å². The Kier molecular flexibility index (Phi) is 14.7. The SMILES string of the molecule is CC[C@H](C)CN[C@H]1O[C@H]2CC3[C@@H]4CCC5CC(NC[C@@H](N)Cc6ccc([N+](=O)[O-])cc6)CC[C@]5(C)C4CC[C@]3(C)C2[C@@H]1C.O=CO.[Se]I. The molecule has 5 N–H and O–H groups in total. The quantitative estimate of drug-likeness (QED) is 0.0657. The second-order valence-electron chi connectivity index (χ2n) is 16.2. The molecule has 1 radical (unpaired) electrons. The van der Waals surface area contributed by atoms with E-state index in [2.05, 4.69) is 58.0 Å². The number of hydrogen-bond donors (Lipinski definition) is 4.